The number of benzene rings is 1. The Morgan fingerprint density at radius 2 is 1.88 bits per heavy atom. The van der Waals surface area contributed by atoms with Crippen LogP contribution in [-0.4, -0.2) is 45.6 Å². The molecule has 1 aromatic heterocycles. The summed E-state index contributed by atoms with van der Waals surface area (Å²) in [6, 6.07) is 3.05. The van der Waals surface area contributed by atoms with Crippen molar-refractivity contribution in [3.8, 4) is 17.1 Å². The van der Waals surface area contributed by atoms with Crippen LogP contribution in [-0.2, 0) is 9.31 Å². The lowest BCUT2D eigenvalue weighted by Gasteiger charge is -2.32. The fourth-order valence-corrected chi connectivity index (χ4v) is 2.47. The summed E-state index contributed by atoms with van der Waals surface area (Å²) in [5.41, 5.74) is -0.314. The first-order valence-corrected chi connectivity index (χ1v) is 7.81. The molecule has 0 bridgehead atoms. The minimum Gasteiger partial charge on any atom is -0.493 e. The van der Waals surface area contributed by atoms with Crippen molar-refractivity contribution in [2.45, 2.75) is 45.8 Å². The van der Waals surface area contributed by atoms with Gasteiger partial charge in [-0.15, -0.1) is 10.2 Å². The standard InChI is InChI=1S/C15H20BFN4O3/c1-6-22-11-8-9(16-23-14(2,3)15(4,5)24-16)7-10(17)12(11)13-18-20-21-19-13/h7-8H,6H2,1-5H3,(H,18,19,20,21). The van der Waals surface area contributed by atoms with Crippen molar-refractivity contribution in [1.82, 2.24) is 20.6 Å². The fourth-order valence-electron chi connectivity index (χ4n) is 2.47. The average molecular weight is 334 g/mol. The number of H-pyrrole nitrogens is 1. The first kappa shape index (κ1) is 16.8. The van der Waals surface area contributed by atoms with Crippen LogP contribution < -0.4 is 10.2 Å². The third-order valence-corrected chi connectivity index (χ3v) is 4.47. The van der Waals surface area contributed by atoms with Crippen molar-refractivity contribution in [1.29, 1.82) is 0 Å². The molecule has 9 heteroatoms. The number of ether oxygens (including phenoxy) is 1. The number of aromatic amines is 1. The lowest BCUT2D eigenvalue weighted by Crippen LogP contribution is -2.41. The monoisotopic (exact) mass is 334 g/mol. The van der Waals surface area contributed by atoms with Gasteiger partial charge in [-0.1, -0.05) is 0 Å². The fraction of sp³-hybridized carbons (Fsp3) is 0.533. The summed E-state index contributed by atoms with van der Waals surface area (Å²) >= 11 is 0. The lowest BCUT2D eigenvalue weighted by atomic mass is 9.78. The molecule has 1 N–H and O–H groups in total. The van der Waals surface area contributed by atoms with Crippen LogP contribution in [0.4, 0.5) is 4.39 Å². The molecule has 0 atom stereocenters. The number of hydrogen-bond donors (Lipinski definition) is 1. The van der Waals surface area contributed by atoms with Gasteiger partial charge in [-0.3, -0.25) is 0 Å². The van der Waals surface area contributed by atoms with Crippen molar-refractivity contribution in [2.24, 2.45) is 0 Å². The van der Waals surface area contributed by atoms with Crippen molar-refractivity contribution >= 4 is 12.6 Å². The van der Waals surface area contributed by atoms with Gasteiger partial charge >= 0.3 is 7.12 Å². The summed E-state index contributed by atoms with van der Waals surface area (Å²) in [5, 5.41) is 13.5. The number of rotatable bonds is 4. The summed E-state index contributed by atoms with van der Waals surface area (Å²) in [5.74, 6) is -0.0629. The zero-order valence-electron chi connectivity index (χ0n) is 14.4. The van der Waals surface area contributed by atoms with E-state index in [4.69, 9.17) is 14.0 Å². The highest BCUT2D eigenvalue weighted by molar-refractivity contribution is 6.62. The summed E-state index contributed by atoms with van der Waals surface area (Å²) in [6.45, 7) is 9.97. The second kappa shape index (κ2) is 5.82. The number of halogens is 1. The number of hydrogen-bond acceptors (Lipinski definition) is 6. The molecule has 1 fully saturated rings. The molecule has 0 aliphatic carbocycles. The highest BCUT2D eigenvalue weighted by Crippen LogP contribution is 2.37. The Labute approximate surface area is 140 Å². The van der Waals surface area contributed by atoms with Crippen LogP contribution >= 0.6 is 0 Å². The molecule has 0 spiro atoms. The van der Waals surface area contributed by atoms with E-state index in [0.29, 0.717) is 17.8 Å². The minimum absolute atomic E-state index is 0.136. The Kier molecular flexibility index (Phi) is 4.09. The van der Waals surface area contributed by atoms with Gasteiger partial charge < -0.3 is 14.0 Å². The Balaban J connectivity index is 2.03. The van der Waals surface area contributed by atoms with E-state index in [1.54, 1.807) is 6.07 Å². The van der Waals surface area contributed by atoms with Gasteiger partial charge in [0.1, 0.15) is 17.1 Å². The summed E-state index contributed by atoms with van der Waals surface area (Å²) < 4.78 is 32.2. The van der Waals surface area contributed by atoms with E-state index in [9.17, 15) is 4.39 Å². The van der Waals surface area contributed by atoms with E-state index in [2.05, 4.69) is 20.6 Å². The first-order chi connectivity index (χ1) is 11.2. The summed E-state index contributed by atoms with van der Waals surface area (Å²) in [6.07, 6.45) is 0. The Hall–Kier alpha value is -2.00. The lowest BCUT2D eigenvalue weighted by molar-refractivity contribution is 0.00578. The quantitative estimate of drug-likeness (QED) is 0.857. The zero-order valence-corrected chi connectivity index (χ0v) is 14.4. The molecule has 1 aromatic carbocycles. The molecule has 1 aliphatic heterocycles. The summed E-state index contributed by atoms with van der Waals surface area (Å²) in [7, 11) is -0.678. The maximum Gasteiger partial charge on any atom is 0.495 e. The highest BCUT2D eigenvalue weighted by Gasteiger charge is 2.52. The number of aromatic nitrogens is 4. The molecule has 1 saturated heterocycles. The third-order valence-electron chi connectivity index (χ3n) is 4.47. The molecular weight excluding hydrogens is 314 g/mol. The van der Waals surface area contributed by atoms with Gasteiger partial charge in [-0.25, -0.2) is 4.39 Å². The van der Waals surface area contributed by atoms with Gasteiger partial charge in [-0.2, -0.15) is 5.21 Å². The summed E-state index contributed by atoms with van der Waals surface area (Å²) in [4.78, 5) is 0. The van der Waals surface area contributed by atoms with E-state index in [1.165, 1.54) is 6.07 Å². The van der Waals surface area contributed by atoms with Crippen molar-refractivity contribution in [3.05, 3.63) is 17.9 Å². The van der Waals surface area contributed by atoms with Gasteiger partial charge in [0.2, 0.25) is 5.82 Å². The maximum absolute atomic E-state index is 14.7. The van der Waals surface area contributed by atoms with E-state index < -0.39 is 24.1 Å². The predicted octanol–water partition coefficient (Wildman–Crippen LogP) is 1.70. The van der Waals surface area contributed by atoms with Crippen molar-refractivity contribution in [3.63, 3.8) is 0 Å². The molecule has 7 nitrogen and oxygen atoms in total. The largest absolute Gasteiger partial charge is 0.495 e. The number of nitrogens with one attached hydrogen (secondary N) is 1. The van der Waals surface area contributed by atoms with Gasteiger partial charge in [0.15, 0.2) is 0 Å². The molecule has 2 heterocycles. The molecule has 0 amide bonds. The molecule has 1 aliphatic rings. The van der Waals surface area contributed by atoms with E-state index in [0.717, 1.165) is 0 Å². The zero-order chi connectivity index (χ0) is 17.5. The Morgan fingerprint density at radius 3 is 2.42 bits per heavy atom. The molecule has 128 valence electrons. The van der Waals surface area contributed by atoms with Crippen LogP contribution in [0.25, 0.3) is 11.4 Å². The molecule has 0 saturated carbocycles. The predicted molar refractivity (Wildman–Crippen MR) is 86.5 cm³/mol. The second-order valence-corrected chi connectivity index (χ2v) is 6.63. The van der Waals surface area contributed by atoms with Gasteiger partial charge in [-0.05, 0) is 57.4 Å². The molecule has 3 rings (SSSR count). The molecule has 2 aromatic rings. The first-order valence-electron chi connectivity index (χ1n) is 7.81. The van der Waals surface area contributed by atoms with Crippen LogP contribution in [0.15, 0.2) is 12.1 Å². The average Bonchev–Trinajstić information content (AvgIpc) is 3.06. The van der Waals surface area contributed by atoms with Crippen molar-refractivity contribution < 1.29 is 18.4 Å². The van der Waals surface area contributed by atoms with Gasteiger partial charge in [0.25, 0.3) is 0 Å². The molecule has 0 radical (unpaired) electrons. The third kappa shape index (κ3) is 2.78. The molecular formula is C15H20BFN4O3. The van der Waals surface area contributed by atoms with Crippen LogP contribution in [0.2, 0.25) is 0 Å². The minimum atomic E-state index is -0.678. The van der Waals surface area contributed by atoms with Crippen LogP contribution in [0.1, 0.15) is 34.6 Å². The maximum atomic E-state index is 14.7. The van der Waals surface area contributed by atoms with E-state index >= 15 is 0 Å². The molecule has 24 heavy (non-hydrogen) atoms. The SMILES string of the molecule is CCOc1cc(B2OC(C)(C)C(C)(C)O2)cc(F)c1-c1nn[nH]n1. The van der Waals surface area contributed by atoms with Gasteiger partial charge in [0, 0.05) is 0 Å². The van der Waals surface area contributed by atoms with Crippen LogP contribution in [0, 0.1) is 5.82 Å². The van der Waals surface area contributed by atoms with E-state index in [1.807, 2.05) is 34.6 Å². The second-order valence-electron chi connectivity index (χ2n) is 6.63. The highest BCUT2D eigenvalue weighted by atomic mass is 19.1. The Bertz CT molecular complexity index is 721. The van der Waals surface area contributed by atoms with Crippen LogP contribution in [0.3, 0.4) is 0 Å². The topological polar surface area (TPSA) is 82.1 Å². The normalized spacial score (nSPS) is 18.8. The van der Waals surface area contributed by atoms with E-state index in [-0.39, 0.29) is 11.4 Å². The Morgan fingerprint density at radius 1 is 1.21 bits per heavy atom. The smallest absolute Gasteiger partial charge is 0.493 e. The molecule has 0 unspecified atom stereocenters. The van der Waals surface area contributed by atoms with Crippen LogP contribution in [0.5, 0.6) is 5.75 Å². The number of nitrogens with zero attached hydrogens (tertiary/aromatic N) is 3. The van der Waals surface area contributed by atoms with Crippen molar-refractivity contribution in [2.75, 3.05) is 6.61 Å². The van der Waals surface area contributed by atoms with Gasteiger partial charge in [0.05, 0.1) is 17.8 Å². The number of tetrazole rings is 1.